The molecule has 1 aliphatic heterocycles. The summed E-state index contributed by atoms with van der Waals surface area (Å²) in [6.07, 6.45) is 1.95. The highest BCUT2D eigenvalue weighted by molar-refractivity contribution is 7.20. The number of pyridine rings is 1. The van der Waals surface area contributed by atoms with E-state index in [0.717, 1.165) is 72.4 Å². The minimum atomic E-state index is -3.16. The van der Waals surface area contributed by atoms with Crippen molar-refractivity contribution in [2.24, 2.45) is 0 Å². The summed E-state index contributed by atoms with van der Waals surface area (Å²) in [5.41, 5.74) is 11.5. The molecule has 0 spiro atoms. The Balaban J connectivity index is 1.10. The maximum absolute atomic E-state index is 8.46. The third-order valence-corrected chi connectivity index (χ3v) is 18.1. The molecule has 4 nitrogen and oxygen atoms in total. The van der Waals surface area contributed by atoms with Gasteiger partial charge in [0.05, 0.1) is 29.1 Å². The van der Waals surface area contributed by atoms with Crippen LogP contribution < -0.4 is 30.5 Å². The summed E-state index contributed by atoms with van der Waals surface area (Å²) in [6.45, 7) is -2.09. The van der Waals surface area contributed by atoms with Crippen molar-refractivity contribution in [2.45, 2.75) is 0 Å². The first kappa shape index (κ1) is 36.1. The molecule has 314 valence electrons. The smallest absolute Gasteiger partial charge is 0.179 e. The first-order chi connectivity index (χ1) is 33.9. The van der Waals surface area contributed by atoms with E-state index in [-0.39, 0.29) is 6.67 Å². The fourth-order valence-electron chi connectivity index (χ4n) is 10.4. The summed E-state index contributed by atoms with van der Waals surface area (Å²) in [5, 5.41) is 7.19. The summed E-state index contributed by atoms with van der Waals surface area (Å²) < 4.78 is 27.7. The van der Waals surface area contributed by atoms with Gasteiger partial charge in [-0.05, 0) is 103 Å². The molecule has 0 aliphatic carbocycles. The Kier molecular flexibility index (Phi) is 8.97. The van der Waals surface area contributed by atoms with Gasteiger partial charge in [-0.1, -0.05) is 194 Å². The molecule has 12 rings (SSSR count). The van der Waals surface area contributed by atoms with E-state index in [4.69, 9.17) is 9.10 Å². The normalized spacial score (nSPS) is 13.4. The summed E-state index contributed by atoms with van der Waals surface area (Å²) in [6, 6.07) is 86.6. The van der Waals surface area contributed by atoms with Gasteiger partial charge < -0.3 is 9.80 Å². The molecule has 0 radical (unpaired) electrons. The second kappa shape index (κ2) is 16.4. The van der Waals surface area contributed by atoms with Gasteiger partial charge in [-0.25, -0.2) is 4.98 Å². The van der Waals surface area contributed by atoms with Gasteiger partial charge in [0.15, 0.2) is 8.07 Å². The monoisotopic (exact) mass is 865 g/mol. The Morgan fingerprint density at radius 1 is 0.439 bits per heavy atom. The molecule has 0 bridgehead atoms. The largest absolute Gasteiger partial charge is 0.355 e. The van der Waals surface area contributed by atoms with Crippen LogP contribution in [-0.4, -0.2) is 31.3 Å². The zero-order valence-corrected chi connectivity index (χ0v) is 37.2. The topological polar surface area (TPSA) is 24.3 Å². The number of para-hydroxylation sites is 3. The SMILES string of the molecule is [2H]C([2H])([2H])N1CN(c2cccc([Si](c3ccccc3)(c3ccccc3)c3ccc4c5ccccc5n(-c5cc(-c6c(-c7ccccc7)cccc6-c6ccccc6)ccn5)c4c3)c2)c2ccccc21. The summed E-state index contributed by atoms with van der Waals surface area (Å²) in [5.74, 6) is 0.831. The summed E-state index contributed by atoms with van der Waals surface area (Å²) >= 11 is 0. The first-order valence-corrected chi connectivity index (χ1v) is 24.5. The van der Waals surface area contributed by atoms with Crippen molar-refractivity contribution in [3.63, 3.8) is 0 Å². The van der Waals surface area contributed by atoms with Gasteiger partial charge in [0.1, 0.15) is 5.82 Å². The number of hydrogen-bond acceptors (Lipinski definition) is 3. The molecule has 0 saturated heterocycles. The lowest BCUT2D eigenvalue weighted by atomic mass is 9.88. The minimum absolute atomic E-state index is 0.214. The molecule has 5 heteroatoms. The molecule has 0 atom stereocenters. The van der Waals surface area contributed by atoms with Crippen LogP contribution in [0.1, 0.15) is 4.11 Å². The fourth-order valence-corrected chi connectivity index (χ4v) is 15.2. The lowest BCUT2D eigenvalue weighted by Crippen LogP contribution is -2.74. The molecule has 66 heavy (non-hydrogen) atoms. The van der Waals surface area contributed by atoms with Gasteiger partial charge in [0.2, 0.25) is 0 Å². The van der Waals surface area contributed by atoms with Crippen molar-refractivity contribution in [3.8, 4) is 39.2 Å². The van der Waals surface area contributed by atoms with Gasteiger partial charge in [0, 0.05) is 33.7 Å². The highest BCUT2D eigenvalue weighted by Crippen LogP contribution is 2.42. The van der Waals surface area contributed by atoms with Crippen molar-refractivity contribution in [1.82, 2.24) is 9.55 Å². The molecule has 0 N–H and O–H groups in total. The number of anilines is 3. The predicted octanol–water partition coefficient (Wildman–Crippen LogP) is 12.1. The van der Waals surface area contributed by atoms with E-state index < -0.39 is 15.0 Å². The molecule has 0 saturated carbocycles. The van der Waals surface area contributed by atoms with Crippen molar-refractivity contribution in [3.05, 3.63) is 249 Å². The molecule has 9 aromatic carbocycles. The average Bonchev–Trinajstić information content (AvgIpc) is 3.97. The third kappa shape index (κ3) is 6.47. The van der Waals surface area contributed by atoms with Crippen LogP contribution in [0.3, 0.4) is 0 Å². The second-order valence-electron chi connectivity index (χ2n) is 17.0. The van der Waals surface area contributed by atoms with E-state index in [1.807, 2.05) is 30.5 Å². The molecule has 11 aromatic rings. The van der Waals surface area contributed by atoms with Crippen molar-refractivity contribution >= 4 is 67.7 Å². The van der Waals surface area contributed by atoms with Crippen LogP contribution in [0.15, 0.2) is 249 Å². The number of aromatic nitrogens is 2. The fraction of sp³-hybridized carbons (Fsp3) is 0.0328. The zero-order valence-electron chi connectivity index (χ0n) is 39.2. The maximum Gasteiger partial charge on any atom is 0.179 e. The molecule has 0 amide bonds. The number of rotatable bonds is 9. The van der Waals surface area contributed by atoms with Gasteiger partial charge in [-0.3, -0.25) is 4.57 Å². The van der Waals surface area contributed by atoms with E-state index in [1.54, 1.807) is 0 Å². The number of benzene rings is 9. The van der Waals surface area contributed by atoms with Crippen LogP contribution in [0.5, 0.6) is 0 Å². The van der Waals surface area contributed by atoms with E-state index in [0.29, 0.717) is 5.69 Å². The molecule has 2 aromatic heterocycles. The van der Waals surface area contributed by atoms with E-state index in [1.165, 1.54) is 25.6 Å². The van der Waals surface area contributed by atoms with Gasteiger partial charge in [-0.15, -0.1) is 0 Å². The zero-order chi connectivity index (χ0) is 46.5. The number of nitrogens with zero attached hydrogens (tertiary/aromatic N) is 4. The standard InChI is InChI=1S/C61H46N4Si/c1-63-43-64(58-35-17-16-34-57(58)63)47-24-18-29-50(41-47)66(48-25-10-4-11-26-48,49-27-12-5-13-28-49)51-36-37-55-54-30-14-15-33-56(54)65(59(55)42-51)60-40-46(38-39-62-60)61-52(44-20-6-2-7-21-44)31-19-32-53(61)45-22-8-3-9-23-45/h2-42H,43H2,1H3/i1D3. The van der Waals surface area contributed by atoms with E-state index in [9.17, 15) is 0 Å². The molecular weight excluding hydrogens is 817 g/mol. The van der Waals surface area contributed by atoms with Crippen LogP contribution in [0.25, 0.3) is 61.0 Å². The van der Waals surface area contributed by atoms with Gasteiger partial charge >= 0.3 is 0 Å². The van der Waals surface area contributed by atoms with Gasteiger partial charge in [0.25, 0.3) is 0 Å². The Bertz CT molecular complexity index is 3560. The van der Waals surface area contributed by atoms with Crippen LogP contribution in [0.2, 0.25) is 0 Å². The Morgan fingerprint density at radius 3 is 1.68 bits per heavy atom. The predicted molar refractivity (Wildman–Crippen MR) is 280 cm³/mol. The first-order valence-electron chi connectivity index (χ1n) is 24.0. The molecule has 3 heterocycles. The molecule has 1 aliphatic rings. The van der Waals surface area contributed by atoms with Crippen LogP contribution >= 0.6 is 0 Å². The Hall–Kier alpha value is -8.25. The van der Waals surface area contributed by atoms with Crippen LogP contribution in [-0.2, 0) is 0 Å². The lowest BCUT2D eigenvalue weighted by Gasteiger charge is -2.35. The average molecular weight is 866 g/mol. The van der Waals surface area contributed by atoms with E-state index in [2.05, 4.69) is 228 Å². The molecular formula is C61H46N4Si. The maximum atomic E-state index is 8.46. The van der Waals surface area contributed by atoms with Crippen LogP contribution in [0.4, 0.5) is 17.1 Å². The third-order valence-electron chi connectivity index (χ3n) is 13.4. The minimum Gasteiger partial charge on any atom is -0.355 e. The quantitative estimate of drug-likeness (QED) is 0.107. The van der Waals surface area contributed by atoms with Crippen LogP contribution in [0, 0.1) is 0 Å². The summed E-state index contributed by atoms with van der Waals surface area (Å²) in [7, 11) is -3.16. The highest BCUT2D eigenvalue weighted by Gasteiger charge is 2.42. The summed E-state index contributed by atoms with van der Waals surface area (Å²) in [4.78, 5) is 8.86. The Morgan fingerprint density at radius 2 is 1.00 bits per heavy atom. The number of fused-ring (bicyclic) bond motifs is 4. The lowest BCUT2D eigenvalue weighted by molar-refractivity contribution is 0.950. The van der Waals surface area contributed by atoms with Gasteiger partial charge in [-0.2, -0.15) is 0 Å². The molecule has 0 unspecified atom stereocenters. The second-order valence-corrected chi connectivity index (χ2v) is 20.8. The van der Waals surface area contributed by atoms with Crippen molar-refractivity contribution < 1.29 is 4.11 Å². The highest BCUT2D eigenvalue weighted by atomic mass is 28.3. The van der Waals surface area contributed by atoms with E-state index >= 15 is 0 Å². The number of hydrogen-bond donors (Lipinski definition) is 0. The Labute approximate surface area is 391 Å². The van der Waals surface area contributed by atoms with Crippen molar-refractivity contribution in [2.75, 3.05) is 23.4 Å². The molecule has 0 fully saturated rings. The van der Waals surface area contributed by atoms with Crippen molar-refractivity contribution in [1.29, 1.82) is 0 Å².